The fraction of sp³-hybridized carbons (Fsp3) is 0.364. The van der Waals surface area contributed by atoms with Crippen molar-refractivity contribution in [3.05, 3.63) is 84.2 Å². The highest BCUT2D eigenvalue weighted by molar-refractivity contribution is 6.12. The number of amides is 3. The zero-order valence-corrected chi connectivity index (χ0v) is 24.4. The molecular weight excluding hydrogens is 544 g/mol. The minimum absolute atomic E-state index is 0.00703. The van der Waals surface area contributed by atoms with Crippen molar-refractivity contribution in [2.24, 2.45) is 33.4 Å². The van der Waals surface area contributed by atoms with Gasteiger partial charge in [0.15, 0.2) is 5.76 Å². The number of aromatic nitrogens is 1. The molecule has 0 bridgehead atoms. The van der Waals surface area contributed by atoms with Crippen LogP contribution in [0.3, 0.4) is 0 Å². The van der Waals surface area contributed by atoms with Crippen LogP contribution in [0.2, 0.25) is 0 Å². The summed E-state index contributed by atoms with van der Waals surface area (Å²) in [5.74, 6) is -0.506. The standard InChI is InChI=1S/C33H36N6O4/c1-32(2)13-25(32)30(42)39-20-33(21-39)19-38(29(41)24(14-34)16-35-15-22-9-5-3-6-10-22)18-26(33)28(40)37-31-36-17-27(43-31)23-11-7-4-8-12-23/h3-12,14,16-17,25-26H,13,15,18-21,34H2,1-2H3,(H,36,37,40)/b24-14+,35-16?/t25-,26?/m1/s1. The maximum atomic E-state index is 13.7. The molecule has 3 amide bonds. The van der Waals surface area contributed by atoms with Gasteiger partial charge in [0.1, 0.15) is 0 Å². The molecule has 2 aromatic carbocycles. The zero-order valence-electron chi connectivity index (χ0n) is 24.4. The molecule has 1 aromatic heterocycles. The molecule has 1 unspecified atom stereocenters. The Morgan fingerprint density at radius 1 is 1.02 bits per heavy atom. The van der Waals surface area contributed by atoms with Crippen molar-refractivity contribution in [3.63, 3.8) is 0 Å². The first-order chi connectivity index (χ1) is 20.7. The molecule has 3 aromatic rings. The number of nitrogens with two attached hydrogens (primary N) is 1. The van der Waals surface area contributed by atoms with Crippen molar-refractivity contribution >= 4 is 30.0 Å². The number of carbonyl (C=O) groups is 3. The summed E-state index contributed by atoms with van der Waals surface area (Å²) < 4.78 is 5.82. The molecule has 2 saturated heterocycles. The SMILES string of the molecule is CC1(C)C[C@@H]1C(=O)N1CC2(CN(C(=O)/C(C=NCc3ccccc3)=C/N)CC2C(=O)Nc2ncc(-c3ccccc3)o2)C1. The minimum atomic E-state index is -0.579. The van der Waals surface area contributed by atoms with Gasteiger partial charge < -0.3 is 20.0 Å². The van der Waals surface area contributed by atoms with E-state index in [0.717, 1.165) is 17.5 Å². The molecule has 2 atom stereocenters. The Morgan fingerprint density at radius 2 is 1.67 bits per heavy atom. The molecule has 3 fully saturated rings. The average Bonchev–Trinajstić information content (AvgIpc) is 3.32. The van der Waals surface area contributed by atoms with Gasteiger partial charge in [-0.05, 0) is 17.4 Å². The summed E-state index contributed by atoms with van der Waals surface area (Å²) in [6, 6.07) is 19.3. The van der Waals surface area contributed by atoms with Crippen LogP contribution in [0.1, 0.15) is 25.8 Å². The maximum Gasteiger partial charge on any atom is 0.301 e. The summed E-state index contributed by atoms with van der Waals surface area (Å²) in [5, 5.41) is 2.82. The quantitative estimate of drug-likeness (QED) is 0.308. The largest absolute Gasteiger partial charge is 0.423 e. The van der Waals surface area contributed by atoms with Gasteiger partial charge in [-0.3, -0.25) is 24.7 Å². The van der Waals surface area contributed by atoms with Gasteiger partial charge in [0.2, 0.25) is 11.8 Å². The van der Waals surface area contributed by atoms with Crippen LogP contribution in [0.15, 0.2) is 88.0 Å². The molecule has 1 saturated carbocycles. The van der Waals surface area contributed by atoms with Crippen LogP contribution in [-0.4, -0.2) is 64.9 Å². The van der Waals surface area contributed by atoms with Crippen molar-refractivity contribution in [2.75, 3.05) is 31.5 Å². The summed E-state index contributed by atoms with van der Waals surface area (Å²) >= 11 is 0. The predicted molar refractivity (Wildman–Crippen MR) is 162 cm³/mol. The lowest BCUT2D eigenvalue weighted by atomic mass is 9.71. The molecule has 3 aliphatic rings. The Kier molecular flexibility index (Phi) is 7.37. The molecule has 43 heavy (non-hydrogen) atoms. The molecule has 0 radical (unpaired) electrons. The number of nitrogens with one attached hydrogen (secondary N) is 1. The van der Waals surface area contributed by atoms with Gasteiger partial charge in [0, 0.05) is 55.5 Å². The summed E-state index contributed by atoms with van der Waals surface area (Å²) in [6.07, 6.45) is 5.17. The second-order valence-corrected chi connectivity index (χ2v) is 12.5. The highest BCUT2D eigenvalue weighted by Gasteiger charge is 2.62. The van der Waals surface area contributed by atoms with Crippen molar-refractivity contribution in [1.82, 2.24) is 14.8 Å². The number of hydrogen-bond donors (Lipinski definition) is 2. The van der Waals surface area contributed by atoms with Crippen LogP contribution in [0.4, 0.5) is 6.01 Å². The van der Waals surface area contributed by atoms with Crippen LogP contribution >= 0.6 is 0 Å². The Bertz CT molecular complexity index is 1570. The zero-order chi connectivity index (χ0) is 30.2. The van der Waals surface area contributed by atoms with E-state index >= 15 is 0 Å². The number of hydrogen-bond acceptors (Lipinski definition) is 7. The Hall–Kier alpha value is -4.73. The second-order valence-electron chi connectivity index (χ2n) is 12.5. The molecule has 222 valence electrons. The molecule has 1 spiro atoms. The fourth-order valence-electron chi connectivity index (χ4n) is 6.23. The predicted octanol–water partition coefficient (Wildman–Crippen LogP) is 3.73. The van der Waals surface area contributed by atoms with Crippen LogP contribution in [-0.2, 0) is 20.9 Å². The van der Waals surface area contributed by atoms with Crippen molar-refractivity contribution in [1.29, 1.82) is 0 Å². The van der Waals surface area contributed by atoms with E-state index in [1.54, 1.807) is 11.1 Å². The highest BCUT2D eigenvalue weighted by atomic mass is 16.4. The highest BCUT2D eigenvalue weighted by Crippen LogP contribution is 2.54. The van der Waals surface area contributed by atoms with E-state index in [4.69, 9.17) is 10.2 Å². The van der Waals surface area contributed by atoms with Gasteiger partial charge in [0.05, 0.1) is 24.2 Å². The number of nitrogens with zero attached hydrogens (tertiary/aromatic N) is 4. The number of aliphatic imine (C=N–C) groups is 1. The smallest absolute Gasteiger partial charge is 0.301 e. The lowest BCUT2D eigenvalue weighted by Crippen LogP contribution is -2.64. The van der Waals surface area contributed by atoms with E-state index in [1.807, 2.05) is 65.6 Å². The first-order valence-electron chi connectivity index (χ1n) is 14.5. The van der Waals surface area contributed by atoms with Crippen molar-refractivity contribution < 1.29 is 18.8 Å². The number of carbonyl (C=O) groups excluding carboxylic acids is 3. The first kappa shape index (κ1) is 28.4. The molecule has 2 aliphatic heterocycles. The minimum Gasteiger partial charge on any atom is -0.423 e. The van der Waals surface area contributed by atoms with Crippen LogP contribution in [0.25, 0.3) is 11.3 Å². The Balaban J connectivity index is 1.17. The molecule has 10 heteroatoms. The lowest BCUT2D eigenvalue weighted by molar-refractivity contribution is -0.150. The van der Waals surface area contributed by atoms with E-state index in [9.17, 15) is 14.4 Å². The van der Waals surface area contributed by atoms with E-state index < -0.39 is 11.3 Å². The topological polar surface area (TPSA) is 134 Å². The third-order valence-corrected chi connectivity index (χ3v) is 8.95. The second kappa shape index (κ2) is 11.2. The third kappa shape index (κ3) is 5.69. The molecule has 3 heterocycles. The van der Waals surface area contributed by atoms with Gasteiger partial charge in [0.25, 0.3) is 5.91 Å². The summed E-state index contributed by atoms with van der Waals surface area (Å²) in [4.78, 5) is 52.6. The fourth-order valence-corrected chi connectivity index (χ4v) is 6.23. The normalized spacial score (nSPS) is 22.0. The maximum absolute atomic E-state index is 13.7. The van der Waals surface area contributed by atoms with Crippen LogP contribution in [0, 0.1) is 22.7 Å². The summed E-state index contributed by atoms with van der Waals surface area (Å²) in [5.41, 5.74) is 7.39. The van der Waals surface area contributed by atoms with Gasteiger partial charge in [-0.25, -0.2) is 4.98 Å². The number of benzene rings is 2. The molecular formula is C33H36N6O4. The van der Waals surface area contributed by atoms with Crippen molar-refractivity contribution in [2.45, 2.75) is 26.8 Å². The van der Waals surface area contributed by atoms with E-state index in [1.165, 1.54) is 12.4 Å². The number of oxazole rings is 1. The lowest BCUT2D eigenvalue weighted by Gasteiger charge is -2.50. The third-order valence-electron chi connectivity index (χ3n) is 8.95. The molecule has 3 N–H and O–H groups in total. The van der Waals surface area contributed by atoms with E-state index in [2.05, 4.69) is 29.1 Å². The monoisotopic (exact) mass is 580 g/mol. The van der Waals surface area contributed by atoms with Gasteiger partial charge in [-0.1, -0.05) is 74.5 Å². The number of anilines is 1. The Morgan fingerprint density at radius 3 is 2.33 bits per heavy atom. The molecule has 10 nitrogen and oxygen atoms in total. The van der Waals surface area contributed by atoms with Crippen LogP contribution in [0.5, 0.6) is 0 Å². The van der Waals surface area contributed by atoms with Gasteiger partial charge in [-0.15, -0.1) is 0 Å². The molecule has 1 aliphatic carbocycles. The van der Waals surface area contributed by atoms with Gasteiger partial charge >= 0.3 is 6.01 Å². The number of rotatable bonds is 8. The first-order valence-corrected chi connectivity index (χ1v) is 14.5. The van der Waals surface area contributed by atoms with Crippen LogP contribution < -0.4 is 11.1 Å². The number of likely N-dealkylation sites (tertiary alicyclic amines) is 2. The average molecular weight is 581 g/mol. The van der Waals surface area contributed by atoms with E-state index in [0.29, 0.717) is 31.9 Å². The molecule has 6 rings (SSSR count). The summed E-state index contributed by atoms with van der Waals surface area (Å²) in [7, 11) is 0. The summed E-state index contributed by atoms with van der Waals surface area (Å²) in [6.45, 7) is 5.92. The van der Waals surface area contributed by atoms with Crippen molar-refractivity contribution in [3.8, 4) is 11.3 Å². The Labute approximate surface area is 250 Å². The van der Waals surface area contributed by atoms with E-state index in [-0.39, 0.29) is 47.2 Å². The van der Waals surface area contributed by atoms with Gasteiger partial charge in [-0.2, -0.15) is 0 Å².